The van der Waals surface area contributed by atoms with Gasteiger partial charge in [-0.05, 0) is 56.0 Å². The van der Waals surface area contributed by atoms with Gasteiger partial charge in [0.1, 0.15) is 22.5 Å². The van der Waals surface area contributed by atoms with E-state index in [1.807, 2.05) is 68.6 Å². The lowest BCUT2D eigenvalue weighted by molar-refractivity contribution is -0.120. The van der Waals surface area contributed by atoms with E-state index in [4.69, 9.17) is 14.2 Å². The molecule has 0 bridgehead atoms. The van der Waals surface area contributed by atoms with Crippen molar-refractivity contribution in [3.8, 4) is 5.75 Å². The van der Waals surface area contributed by atoms with Crippen LogP contribution in [0.2, 0.25) is 0 Å². The quantitative estimate of drug-likeness (QED) is 0.200. The van der Waals surface area contributed by atoms with Gasteiger partial charge in [-0.2, -0.15) is 0 Å². The lowest BCUT2D eigenvalue weighted by atomic mass is 9.91. The first-order chi connectivity index (χ1) is 18.1. The van der Waals surface area contributed by atoms with Crippen molar-refractivity contribution in [3.63, 3.8) is 0 Å². The summed E-state index contributed by atoms with van der Waals surface area (Å²) in [7, 11) is 3.51. The Kier molecular flexibility index (Phi) is 11.2. The van der Waals surface area contributed by atoms with Crippen molar-refractivity contribution in [2.24, 2.45) is 11.8 Å². The van der Waals surface area contributed by atoms with Crippen molar-refractivity contribution in [3.05, 3.63) is 65.7 Å². The zero-order valence-electron chi connectivity index (χ0n) is 23.6. The third-order valence-corrected chi connectivity index (χ3v) is 11.0. The second kappa shape index (κ2) is 13.7. The first-order valence-electron chi connectivity index (χ1n) is 13.2. The molecule has 1 aliphatic rings. The SMILES string of the molecule is CNC(CO)(SC(S[C@@](C)(COCc1ccccc1)C(C)=O)c1ccc(OC)cc1)C1OC1C(C)C(C)C. The van der Waals surface area contributed by atoms with Crippen LogP contribution in [-0.4, -0.2) is 60.1 Å². The molecule has 5 unspecified atom stereocenters. The molecule has 0 aliphatic carbocycles. The lowest BCUT2D eigenvalue weighted by Gasteiger charge is -2.37. The molecule has 0 saturated carbocycles. The first-order valence-corrected chi connectivity index (χ1v) is 14.9. The number of hydrogen-bond acceptors (Lipinski definition) is 8. The number of nitrogens with one attached hydrogen (secondary N) is 1. The molecule has 2 aromatic rings. The normalized spacial score (nSPS) is 21.8. The molecular formula is C30H43NO5S2. The van der Waals surface area contributed by atoms with Crippen LogP contribution >= 0.6 is 23.5 Å². The summed E-state index contributed by atoms with van der Waals surface area (Å²) < 4.78 is 16.7. The zero-order valence-corrected chi connectivity index (χ0v) is 25.2. The van der Waals surface area contributed by atoms with Crippen LogP contribution in [0.1, 0.15) is 50.3 Å². The molecule has 3 rings (SSSR count). The molecule has 0 aromatic heterocycles. The third kappa shape index (κ3) is 7.55. The summed E-state index contributed by atoms with van der Waals surface area (Å²) in [5.74, 6) is 1.64. The predicted octanol–water partition coefficient (Wildman–Crippen LogP) is 5.69. The molecule has 1 heterocycles. The van der Waals surface area contributed by atoms with E-state index in [0.717, 1.165) is 16.9 Å². The monoisotopic (exact) mass is 561 g/mol. The Morgan fingerprint density at radius 2 is 1.76 bits per heavy atom. The summed E-state index contributed by atoms with van der Waals surface area (Å²) in [6, 6.07) is 17.9. The van der Waals surface area contributed by atoms with Crippen molar-refractivity contribution in [2.45, 2.75) is 67.6 Å². The first kappa shape index (κ1) is 31.0. The van der Waals surface area contributed by atoms with Gasteiger partial charge < -0.3 is 24.6 Å². The molecule has 6 nitrogen and oxygen atoms in total. The van der Waals surface area contributed by atoms with Gasteiger partial charge in [-0.1, -0.05) is 63.2 Å². The summed E-state index contributed by atoms with van der Waals surface area (Å²) in [5, 5.41) is 14.1. The second-order valence-corrected chi connectivity index (χ2v) is 13.9. The molecular weight excluding hydrogens is 518 g/mol. The average molecular weight is 562 g/mol. The topological polar surface area (TPSA) is 80.3 Å². The number of thioether (sulfide) groups is 2. The number of hydrogen-bond donors (Lipinski definition) is 2. The number of carbonyl (C=O) groups excluding carboxylic acids is 1. The fourth-order valence-corrected chi connectivity index (χ4v) is 7.88. The van der Waals surface area contributed by atoms with E-state index < -0.39 is 9.62 Å². The number of benzene rings is 2. The molecule has 1 aliphatic heterocycles. The molecule has 210 valence electrons. The maximum Gasteiger partial charge on any atom is 0.147 e. The third-order valence-electron chi connectivity index (χ3n) is 7.52. The molecule has 0 radical (unpaired) electrons. The smallest absolute Gasteiger partial charge is 0.147 e. The van der Waals surface area contributed by atoms with Gasteiger partial charge in [-0.3, -0.25) is 4.79 Å². The largest absolute Gasteiger partial charge is 0.497 e. The standard InChI is InChI=1S/C30H43NO5S2/c1-20(2)21(3)26-27(36-26)30(18-32,31-6)38-28(24-13-15-25(34-7)16-14-24)37-29(5,22(4)33)19-35-17-23-11-9-8-10-12-23/h8-16,20-21,26-28,31-32H,17-19H2,1-7H3/t21?,26?,27?,28?,29-,30?/m0/s1. The minimum atomic E-state index is -0.795. The van der Waals surface area contributed by atoms with Gasteiger partial charge in [-0.15, -0.1) is 23.5 Å². The Morgan fingerprint density at radius 3 is 2.29 bits per heavy atom. The van der Waals surface area contributed by atoms with Crippen LogP contribution in [0.25, 0.3) is 0 Å². The second-order valence-electron chi connectivity index (χ2n) is 10.5. The van der Waals surface area contributed by atoms with Gasteiger partial charge in [0.25, 0.3) is 0 Å². The highest BCUT2D eigenvalue weighted by molar-refractivity contribution is 8.17. The molecule has 2 aromatic carbocycles. The number of methoxy groups -OCH3 is 1. The van der Waals surface area contributed by atoms with E-state index in [1.54, 1.807) is 37.6 Å². The minimum absolute atomic E-state index is 0.0442. The summed E-state index contributed by atoms with van der Waals surface area (Å²) in [5.41, 5.74) is 2.09. The van der Waals surface area contributed by atoms with Crippen molar-refractivity contribution < 1.29 is 24.1 Å². The molecule has 38 heavy (non-hydrogen) atoms. The average Bonchev–Trinajstić information content (AvgIpc) is 3.73. The number of aliphatic hydroxyl groups excluding tert-OH is 1. The number of epoxide rings is 1. The Balaban J connectivity index is 1.87. The number of likely N-dealkylation sites (N-methyl/N-ethyl adjacent to an activating group) is 1. The fourth-order valence-electron chi connectivity index (χ4n) is 4.26. The van der Waals surface area contributed by atoms with Gasteiger partial charge in [-0.25, -0.2) is 0 Å². The van der Waals surface area contributed by atoms with Gasteiger partial charge >= 0.3 is 0 Å². The molecule has 1 saturated heterocycles. The highest BCUT2D eigenvalue weighted by Gasteiger charge is 2.58. The van der Waals surface area contributed by atoms with E-state index in [2.05, 4.69) is 26.1 Å². The highest BCUT2D eigenvalue weighted by atomic mass is 32.2. The van der Waals surface area contributed by atoms with Crippen LogP contribution in [0.15, 0.2) is 54.6 Å². The minimum Gasteiger partial charge on any atom is -0.497 e. The number of ketones is 1. The fraction of sp³-hybridized carbons (Fsp3) is 0.567. The van der Waals surface area contributed by atoms with Crippen LogP contribution in [0, 0.1) is 11.8 Å². The van der Waals surface area contributed by atoms with Crippen LogP contribution in [-0.2, 0) is 20.9 Å². The number of ether oxygens (including phenoxy) is 3. The van der Waals surface area contributed by atoms with E-state index in [1.165, 1.54) is 0 Å². The Bertz CT molecular complexity index is 1020. The van der Waals surface area contributed by atoms with Crippen LogP contribution in [0.4, 0.5) is 0 Å². The van der Waals surface area contributed by atoms with E-state index in [0.29, 0.717) is 18.4 Å². The van der Waals surface area contributed by atoms with Crippen LogP contribution in [0.3, 0.4) is 0 Å². The van der Waals surface area contributed by atoms with Crippen molar-refractivity contribution in [2.75, 3.05) is 27.4 Å². The van der Waals surface area contributed by atoms with Crippen molar-refractivity contribution in [1.29, 1.82) is 0 Å². The van der Waals surface area contributed by atoms with E-state index >= 15 is 0 Å². The van der Waals surface area contributed by atoms with E-state index in [9.17, 15) is 9.90 Å². The Morgan fingerprint density at radius 1 is 1.11 bits per heavy atom. The molecule has 0 spiro atoms. The number of carbonyl (C=O) groups is 1. The maximum absolute atomic E-state index is 13.0. The summed E-state index contributed by atoms with van der Waals surface area (Å²) in [4.78, 5) is 12.3. The van der Waals surface area contributed by atoms with Gasteiger partial charge in [0, 0.05) is 0 Å². The zero-order chi connectivity index (χ0) is 27.9. The summed E-state index contributed by atoms with van der Waals surface area (Å²) >= 11 is 3.17. The number of aliphatic hydroxyl groups is 1. The molecule has 1 fully saturated rings. The van der Waals surface area contributed by atoms with Gasteiger partial charge in [0.2, 0.25) is 0 Å². The predicted molar refractivity (Wildman–Crippen MR) is 158 cm³/mol. The molecule has 0 amide bonds. The molecule has 8 heteroatoms. The Hall–Kier alpha value is -1.55. The van der Waals surface area contributed by atoms with Gasteiger partial charge in [0.15, 0.2) is 0 Å². The highest BCUT2D eigenvalue weighted by Crippen LogP contribution is 2.55. The van der Waals surface area contributed by atoms with Crippen LogP contribution < -0.4 is 10.1 Å². The summed E-state index contributed by atoms with van der Waals surface area (Å²) in [6.07, 6.45) is -0.0730. The summed E-state index contributed by atoms with van der Waals surface area (Å²) in [6.45, 7) is 10.8. The Labute approximate surface area is 236 Å². The number of Topliss-reactive ketones (excluding diaryl/α,β-unsaturated/α-hetero) is 1. The molecule has 2 N–H and O–H groups in total. The molecule has 6 atom stereocenters. The lowest BCUT2D eigenvalue weighted by Crippen LogP contribution is -2.50. The van der Waals surface area contributed by atoms with Crippen LogP contribution in [0.5, 0.6) is 5.75 Å². The van der Waals surface area contributed by atoms with Crippen molar-refractivity contribution >= 4 is 29.3 Å². The van der Waals surface area contributed by atoms with Crippen molar-refractivity contribution in [1.82, 2.24) is 5.32 Å². The van der Waals surface area contributed by atoms with Gasteiger partial charge in [0.05, 0.1) is 42.4 Å². The van der Waals surface area contributed by atoms with E-state index in [-0.39, 0.29) is 35.8 Å². The number of rotatable bonds is 16. The maximum atomic E-state index is 13.0.